The number of carbonyl (C=O) groups is 1. The number of furan rings is 1. The first kappa shape index (κ1) is 22.6. The van der Waals surface area contributed by atoms with Gasteiger partial charge in [-0.1, -0.05) is 30.3 Å². The number of nitrogens with zero attached hydrogens (tertiary/aromatic N) is 1. The van der Waals surface area contributed by atoms with Crippen LogP contribution in [-0.2, 0) is 6.54 Å². The maximum atomic E-state index is 12.8. The smallest absolute Gasteiger partial charge is 0.206 e. The van der Waals surface area contributed by atoms with E-state index in [1.165, 1.54) is 11.1 Å². The molecule has 34 heavy (non-hydrogen) atoms. The van der Waals surface area contributed by atoms with Crippen LogP contribution in [0.2, 0.25) is 0 Å². The summed E-state index contributed by atoms with van der Waals surface area (Å²) < 4.78 is 11.5. The Labute approximate surface area is 199 Å². The zero-order valence-corrected chi connectivity index (χ0v) is 19.4. The monoisotopic (exact) mass is 458 g/mol. The molecule has 2 aliphatic rings. The Hall–Kier alpha value is -3.22. The van der Waals surface area contributed by atoms with Crippen molar-refractivity contribution in [3.63, 3.8) is 0 Å². The lowest BCUT2D eigenvalue weighted by Crippen LogP contribution is -2.36. The number of nitrogens with one attached hydrogen (secondary N) is 1. The van der Waals surface area contributed by atoms with E-state index in [1.807, 2.05) is 30.5 Å². The van der Waals surface area contributed by atoms with Gasteiger partial charge < -0.3 is 19.7 Å². The fourth-order valence-corrected chi connectivity index (χ4v) is 5.29. The largest absolute Gasteiger partial charge is 0.472 e. The van der Waals surface area contributed by atoms with E-state index in [0.717, 1.165) is 43.8 Å². The lowest BCUT2D eigenvalue weighted by atomic mass is 9.74. The van der Waals surface area contributed by atoms with Crippen LogP contribution in [0.1, 0.15) is 59.2 Å². The number of hydrogen-bond donors (Lipinski definition) is 2. The van der Waals surface area contributed by atoms with Gasteiger partial charge in [0.1, 0.15) is 11.5 Å². The molecule has 0 spiro atoms. The first-order chi connectivity index (χ1) is 16.5. The molecule has 0 aliphatic carbocycles. The lowest BCUT2D eigenvalue weighted by molar-refractivity contribution is 0.105. The minimum atomic E-state index is -0.721. The van der Waals surface area contributed by atoms with Crippen molar-refractivity contribution >= 4 is 11.5 Å². The van der Waals surface area contributed by atoms with Crippen molar-refractivity contribution < 1.29 is 19.1 Å². The van der Waals surface area contributed by atoms with E-state index in [0.29, 0.717) is 17.2 Å². The number of likely N-dealkylation sites (tertiary alicyclic amines) is 1. The second-order valence-electron chi connectivity index (χ2n) is 9.48. The van der Waals surface area contributed by atoms with Crippen LogP contribution in [0, 0.1) is 11.3 Å². The fourth-order valence-electron chi connectivity index (χ4n) is 5.29. The van der Waals surface area contributed by atoms with Crippen molar-refractivity contribution in [1.29, 1.82) is 5.41 Å². The van der Waals surface area contributed by atoms with E-state index >= 15 is 0 Å². The maximum absolute atomic E-state index is 12.8. The fraction of sp³-hybridized carbons (Fsp3) is 0.357. The Kier molecular flexibility index (Phi) is 6.35. The molecule has 0 radical (unpaired) electrons. The molecule has 6 nitrogen and oxygen atoms in total. The van der Waals surface area contributed by atoms with Crippen LogP contribution >= 0.6 is 0 Å². The van der Waals surface area contributed by atoms with Gasteiger partial charge in [-0.15, -0.1) is 0 Å². The van der Waals surface area contributed by atoms with Gasteiger partial charge in [-0.3, -0.25) is 9.69 Å². The number of aliphatic hydroxyl groups is 1. The Morgan fingerprint density at radius 3 is 2.62 bits per heavy atom. The predicted molar refractivity (Wildman–Crippen MR) is 130 cm³/mol. The zero-order valence-electron chi connectivity index (χ0n) is 19.4. The molecular weight excluding hydrogens is 428 g/mol. The van der Waals surface area contributed by atoms with E-state index in [9.17, 15) is 9.90 Å². The molecule has 3 aromatic rings. The summed E-state index contributed by atoms with van der Waals surface area (Å²) in [6, 6.07) is 15.8. The predicted octanol–water partition coefficient (Wildman–Crippen LogP) is 5.40. The van der Waals surface area contributed by atoms with E-state index in [2.05, 4.69) is 17.0 Å². The molecule has 0 saturated carbocycles. The number of benzene rings is 2. The molecule has 5 rings (SSSR count). The van der Waals surface area contributed by atoms with E-state index < -0.39 is 6.10 Å². The summed E-state index contributed by atoms with van der Waals surface area (Å²) in [4.78, 5) is 15.2. The van der Waals surface area contributed by atoms with Crippen molar-refractivity contribution in [2.45, 2.75) is 44.8 Å². The van der Waals surface area contributed by atoms with Crippen LogP contribution < -0.4 is 4.74 Å². The van der Waals surface area contributed by atoms with Gasteiger partial charge in [-0.05, 0) is 57.0 Å². The topological polar surface area (TPSA) is 86.8 Å². The summed E-state index contributed by atoms with van der Waals surface area (Å²) in [6.07, 6.45) is 5.02. The van der Waals surface area contributed by atoms with Crippen molar-refractivity contribution in [2.24, 2.45) is 5.92 Å². The molecule has 3 heterocycles. The van der Waals surface area contributed by atoms with Gasteiger partial charge in [-0.2, -0.15) is 0 Å². The second kappa shape index (κ2) is 9.57. The Balaban J connectivity index is 1.39. The minimum absolute atomic E-state index is 0.0413. The van der Waals surface area contributed by atoms with Gasteiger partial charge >= 0.3 is 0 Å². The Morgan fingerprint density at radius 1 is 1.12 bits per heavy atom. The maximum Gasteiger partial charge on any atom is 0.206 e. The first-order valence-corrected chi connectivity index (χ1v) is 11.9. The second-order valence-corrected chi connectivity index (χ2v) is 9.48. The third kappa shape index (κ3) is 4.56. The third-order valence-corrected chi connectivity index (χ3v) is 6.95. The van der Waals surface area contributed by atoms with Crippen LogP contribution in [0.3, 0.4) is 0 Å². The minimum Gasteiger partial charge on any atom is -0.472 e. The van der Waals surface area contributed by atoms with Gasteiger partial charge in [0, 0.05) is 41.1 Å². The average molecular weight is 459 g/mol. The van der Waals surface area contributed by atoms with Crippen molar-refractivity contribution in [3.8, 4) is 11.5 Å². The SMILES string of the molecule is C[C@H](O)CC(=N)C(=O)c1ccc2c(c1)Oc1ccccc1C2C1CCN(Cc2ccoc2)CC1. The van der Waals surface area contributed by atoms with Crippen LogP contribution in [0.5, 0.6) is 11.5 Å². The molecule has 0 amide bonds. The highest BCUT2D eigenvalue weighted by molar-refractivity contribution is 6.45. The van der Waals surface area contributed by atoms with E-state index in [4.69, 9.17) is 14.6 Å². The van der Waals surface area contributed by atoms with Gasteiger partial charge in [0.25, 0.3) is 0 Å². The zero-order chi connectivity index (χ0) is 23.7. The quantitative estimate of drug-likeness (QED) is 0.366. The lowest BCUT2D eigenvalue weighted by Gasteiger charge is -2.39. The summed E-state index contributed by atoms with van der Waals surface area (Å²) in [5.41, 5.74) is 3.85. The molecule has 2 N–H and O–H groups in total. The summed E-state index contributed by atoms with van der Waals surface area (Å²) in [5, 5.41) is 17.6. The molecule has 2 atom stereocenters. The molecular formula is C28H30N2O4. The highest BCUT2D eigenvalue weighted by atomic mass is 16.5. The van der Waals surface area contributed by atoms with Gasteiger partial charge in [0.2, 0.25) is 5.78 Å². The standard InChI is InChI=1S/C28H30N2O4/c1-18(31)14-24(29)28(32)21-6-7-23-26(15-21)34-25-5-3-2-4-22(25)27(23)20-8-11-30(12-9-20)16-19-10-13-33-17-19/h2-7,10,13,15,17-18,20,27,29,31H,8-9,11-12,14,16H2,1H3/t18-,27?/m0/s1. The molecule has 2 aromatic carbocycles. The van der Waals surface area contributed by atoms with Gasteiger partial charge in [0.15, 0.2) is 0 Å². The number of fused-ring (bicyclic) bond motifs is 2. The molecule has 6 heteroatoms. The average Bonchev–Trinajstić information content (AvgIpc) is 3.35. The molecule has 1 fully saturated rings. The van der Waals surface area contributed by atoms with Crippen LogP contribution in [0.25, 0.3) is 0 Å². The molecule has 1 aromatic heterocycles. The van der Waals surface area contributed by atoms with Crippen LogP contribution in [0.15, 0.2) is 65.5 Å². The number of rotatable bonds is 7. The number of piperidine rings is 1. The highest BCUT2D eigenvalue weighted by Gasteiger charge is 2.35. The van der Waals surface area contributed by atoms with Crippen LogP contribution in [0.4, 0.5) is 0 Å². The number of carbonyl (C=O) groups excluding carboxylic acids is 1. The number of hydrogen-bond acceptors (Lipinski definition) is 6. The van der Waals surface area contributed by atoms with E-state index in [-0.39, 0.29) is 23.8 Å². The normalized spacial score (nSPS) is 19.1. The molecule has 1 unspecified atom stereocenters. The highest BCUT2D eigenvalue weighted by Crippen LogP contribution is 2.50. The Morgan fingerprint density at radius 2 is 1.88 bits per heavy atom. The Bertz CT molecular complexity index is 1180. The molecule has 176 valence electrons. The molecule has 1 saturated heterocycles. The number of aliphatic hydroxyl groups excluding tert-OH is 1. The van der Waals surface area contributed by atoms with Crippen molar-refractivity contribution in [1.82, 2.24) is 4.90 Å². The van der Waals surface area contributed by atoms with Gasteiger partial charge in [0.05, 0.1) is 24.3 Å². The summed E-state index contributed by atoms with van der Waals surface area (Å²) in [5.74, 6) is 1.84. The number of Topliss-reactive ketones (excluding diaryl/α,β-unsaturated/α-hetero) is 1. The third-order valence-electron chi connectivity index (χ3n) is 6.95. The summed E-state index contributed by atoms with van der Waals surface area (Å²) in [7, 11) is 0. The number of ketones is 1. The summed E-state index contributed by atoms with van der Waals surface area (Å²) in [6.45, 7) is 4.55. The van der Waals surface area contributed by atoms with Crippen LogP contribution in [-0.4, -0.2) is 40.7 Å². The number of ether oxygens (including phenoxy) is 1. The van der Waals surface area contributed by atoms with Gasteiger partial charge in [-0.25, -0.2) is 0 Å². The summed E-state index contributed by atoms with van der Waals surface area (Å²) >= 11 is 0. The first-order valence-electron chi connectivity index (χ1n) is 11.9. The van der Waals surface area contributed by atoms with E-state index in [1.54, 1.807) is 25.3 Å². The molecule has 0 bridgehead atoms. The van der Waals surface area contributed by atoms with Crippen molar-refractivity contribution in [2.75, 3.05) is 13.1 Å². The molecule has 2 aliphatic heterocycles. The van der Waals surface area contributed by atoms with Crippen molar-refractivity contribution in [3.05, 3.63) is 83.3 Å². The number of para-hydroxylation sites is 1.